The predicted octanol–water partition coefficient (Wildman–Crippen LogP) is 0.419. The standard InChI is InChI=1S/C13H19N7/c1-3-8-4-11(19-18-8)10-5-12(17-13(14)16-10)20-6-9(7-20)15-2/h4-5,9,15H,3,6-7H2,1-2H3,(H,18,19)(H2,14,16,17). The highest BCUT2D eigenvalue weighted by atomic mass is 15.3. The summed E-state index contributed by atoms with van der Waals surface area (Å²) in [6.45, 7) is 3.95. The Kier molecular flexibility index (Phi) is 3.27. The third-order valence-corrected chi connectivity index (χ3v) is 3.62. The SMILES string of the molecule is CCc1cc(-c2cc(N3CC(NC)C3)nc(N)n2)n[nH]1. The van der Waals surface area contributed by atoms with E-state index in [-0.39, 0.29) is 5.95 Å². The minimum atomic E-state index is 0.284. The van der Waals surface area contributed by atoms with Gasteiger partial charge in [0.2, 0.25) is 5.95 Å². The molecule has 20 heavy (non-hydrogen) atoms. The number of aromatic nitrogens is 4. The highest BCUT2D eigenvalue weighted by Crippen LogP contribution is 2.24. The molecule has 106 valence electrons. The van der Waals surface area contributed by atoms with Crippen molar-refractivity contribution >= 4 is 11.8 Å². The smallest absolute Gasteiger partial charge is 0.222 e. The number of H-pyrrole nitrogens is 1. The Balaban J connectivity index is 1.87. The Hall–Kier alpha value is -2.15. The Labute approximate surface area is 117 Å². The first-order valence-electron chi connectivity index (χ1n) is 6.81. The van der Waals surface area contributed by atoms with Gasteiger partial charge in [-0.3, -0.25) is 5.10 Å². The summed E-state index contributed by atoms with van der Waals surface area (Å²) in [5.74, 6) is 1.14. The maximum absolute atomic E-state index is 5.82. The van der Waals surface area contributed by atoms with Crippen LogP contribution in [0.3, 0.4) is 0 Å². The summed E-state index contributed by atoms with van der Waals surface area (Å²) < 4.78 is 0. The number of hydrogen-bond acceptors (Lipinski definition) is 6. The van der Waals surface area contributed by atoms with E-state index in [1.807, 2.05) is 19.2 Å². The van der Waals surface area contributed by atoms with Gasteiger partial charge >= 0.3 is 0 Å². The fraction of sp³-hybridized carbons (Fsp3) is 0.462. The Morgan fingerprint density at radius 3 is 2.80 bits per heavy atom. The zero-order valence-corrected chi connectivity index (χ0v) is 11.7. The van der Waals surface area contributed by atoms with Crippen molar-refractivity contribution in [1.82, 2.24) is 25.5 Å². The topological polar surface area (TPSA) is 95.8 Å². The van der Waals surface area contributed by atoms with Crippen LogP contribution >= 0.6 is 0 Å². The van der Waals surface area contributed by atoms with E-state index in [0.29, 0.717) is 6.04 Å². The van der Waals surface area contributed by atoms with E-state index in [2.05, 4.69) is 37.3 Å². The zero-order valence-electron chi connectivity index (χ0n) is 11.7. The van der Waals surface area contributed by atoms with E-state index in [1.165, 1.54) is 0 Å². The predicted molar refractivity (Wildman–Crippen MR) is 78.5 cm³/mol. The summed E-state index contributed by atoms with van der Waals surface area (Å²) in [7, 11) is 1.97. The normalized spacial score (nSPS) is 15.4. The molecule has 1 fully saturated rings. The fourth-order valence-electron chi connectivity index (χ4n) is 2.27. The molecule has 3 heterocycles. The van der Waals surface area contributed by atoms with Crippen LogP contribution in [0.5, 0.6) is 0 Å². The van der Waals surface area contributed by atoms with Crippen LogP contribution in [0.25, 0.3) is 11.4 Å². The van der Waals surface area contributed by atoms with Gasteiger partial charge in [-0.15, -0.1) is 0 Å². The van der Waals surface area contributed by atoms with Gasteiger partial charge in [0.25, 0.3) is 0 Å². The van der Waals surface area contributed by atoms with Crippen molar-refractivity contribution in [3.63, 3.8) is 0 Å². The minimum absolute atomic E-state index is 0.284. The molecule has 0 radical (unpaired) electrons. The van der Waals surface area contributed by atoms with E-state index in [9.17, 15) is 0 Å². The molecule has 0 aliphatic carbocycles. The number of nitrogen functional groups attached to an aromatic ring is 1. The second-order valence-corrected chi connectivity index (χ2v) is 4.99. The largest absolute Gasteiger partial charge is 0.368 e. The van der Waals surface area contributed by atoms with E-state index >= 15 is 0 Å². The Bertz CT molecular complexity index is 601. The molecule has 7 nitrogen and oxygen atoms in total. The second-order valence-electron chi connectivity index (χ2n) is 4.99. The van der Waals surface area contributed by atoms with Crippen molar-refractivity contribution in [2.45, 2.75) is 19.4 Å². The number of aryl methyl sites for hydroxylation is 1. The lowest BCUT2D eigenvalue weighted by Gasteiger charge is -2.39. The van der Waals surface area contributed by atoms with E-state index in [1.54, 1.807) is 0 Å². The molecule has 7 heteroatoms. The van der Waals surface area contributed by atoms with Gasteiger partial charge in [0.05, 0.1) is 5.69 Å². The molecule has 4 N–H and O–H groups in total. The molecule has 1 saturated heterocycles. The van der Waals surface area contributed by atoms with Crippen molar-refractivity contribution < 1.29 is 0 Å². The number of nitrogens with two attached hydrogens (primary N) is 1. The van der Waals surface area contributed by atoms with Crippen LogP contribution in [0.15, 0.2) is 12.1 Å². The maximum atomic E-state index is 5.82. The van der Waals surface area contributed by atoms with Crippen LogP contribution in [0, 0.1) is 0 Å². The number of hydrogen-bond donors (Lipinski definition) is 3. The first-order chi connectivity index (χ1) is 9.69. The molecule has 0 bridgehead atoms. The third-order valence-electron chi connectivity index (χ3n) is 3.62. The monoisotopic (exact) mass is 273 g/mol. The average Bonchev–Trinajstić information content (AvgIpc) is 2.85. The van der Waals surface area contributed by atoms with Gasteiger partial charge in [-0.05, 0) is 19.5 Å². The first-order valence-corrected chi connectivity index (χ1v) is 6.81. The molecule has 2 aromatic rings. The lowest BCUT2D eigenvalue weighted by molar-refractivity contribution is 0.447. The van der Waals surface area contributed by atoms with Crippen molar-refractivity contribution in [1.29, 1.82) is 0 Å². The fourth-order valence-corrected chi connectivity index (χ4v) is 2.27. The summed E-state index contributed by atoms with van der Waals surface area (Å²) >= 11 is 0. The van der Waals surface area contributed by atoms with Crippen LogP contribution < -0.4 is 16.0 Å². The lowest BCUT2D eigenvalue weighted by atomic mass is 10.1. The quantitative estimate of drug-likeness (QED) is 0.747. The third kappa shape index (κ3) is 2.32. The van der Waals surface area contributed by atoms with E-state index in [4.69, 9.17) is 5.73 Å². The lowest BCUT2D eigenvalue weighted by Crippen LogP contribution is -2.57. The average molecular weight is 273 g/mol. The zero-order chi connectivity index (χ0) is 14.1. The van der Waals surface area contributed by atoms with Crippen LogP contribution in [-0.2, 0) is 6.42 Å². The number of anilines is 2. The van der Waals surface area contributed by atoms with Crippen LogP contribution in [0.2, 0.25) is 0 Å². The number of likely N-dealkylation sites (N-methyl/N-ethyl adjacent to an activating group) is 1. The molecular formula is C13H19N7. The Morgan fingerprint density at radius 2 is 2.15 bits per heavy atom. The summed E-state index contributed by atoms with van der Waals surface area (Å²) in [6.07, 6.45) is 0.913. The van der Waals surface area contributed by atoms with Gasteiger partial charge in [0.15, 0.2) is 0 Å². The van der Waals surface area contributed by atoms with Gasteiger partial charge in [0.1, 0.15) is 11.5 Å². The minimum Gasteiger partial charge on any atom is -0.368 e. The molecule has 0 amide bonds. The summed E-state index contributed by atoms with van der Waals surface area (Å²) in [5.41, 5.74) is 8.47. The van der Waals surface area contributed by atoms with Crippen molar-refractivity contribution in [2.24, 2.45) is 0 Å². The van der Waals surface area contributed by atoms with Crippen LogP contribution in [0.1, 0.15) is 12.6 Å². The summed E-state index contributed by atoms with van der Waals surface area (Å²) in [4.78, 5) is 10.8. The molecule has 1 aliphatic heterocycles. The van der Waals surface area contributed by atoms with Crippen LogP contribution in [0.4, 0.5) is 11.8 Å². The highest BCUT2D eigenvalue weighted by molar-refractivity contribution is 5.62. The molecule has 1 aliphatic rings. The van der Waals surface area contributed by atoms with Crippen molar-refractivity contribution in [2.75, 3.05) is 30.8 Å². The van der Waals surface area contributed by atoms with Gasteiger partial charge in [-0.2, -0.15) is 10.1 Å². The molecular weight excluding hydrogens is 254 g/mol. The van der Waals surface area contributed by atoms with Gasteiger partial charge in [-0.25, -0.2) is 4.98 Å². The molecule has 0 spiro atoms. The van der Waals surface area contributed by atoms with E-state index < -0.39 is 0 Å². The molecule has 0 atom stereocenters. The number of aromatic amines is 1. The van der Waals surface area contributed by atoms with Gasteiger partial charge in [0, 0.05) is 30.9 Å². The molecule has 2 aromatic heterocycles. The molecule has 3 rings (SSSR count). The number of nitrogens with one attached hydrogen (secondary N) is 2. The first kappa shape index (κ1) is 12.9. The van der Waals surface area contributed by atoms with Crippen molar-refractivity contribution in [3.8, 4) is 11.4 Å². The number of nitrogens with zero attached hydrogens (tertiary/aromatic N) is 4. The summed E-state index contributed by atoms with van der Waals surface area (Å²) in [6, 6.07) is 4.46. The summed E-state index contributed by atoms with van der Waals surface area (Å²) in [5, 5.41) is 10.5. The molecule has 0 unspecified atom stereocenters. The molecule has 0 aromatic carbocycles. The highest BCUT2D eigenvalue weighted by Gasteiger charge is 2.27. The van der Waals surface area contributed by atoms with E-state index in [0.717, 1.165) is 42.4 Å². The van der Waals surface area contributed by atoms with Crippen molar-refractivity contribution in [3.05, 3.63) is 17.8 Å². The second kappa shape index (κ2) is 5.09. The Morgan fingerprint density at radius 1 is 1.35 bits per heavy atom. The van der Waals surface area contributed by atoms with Crippen LogP contribution in [-0.4, -0.2) is 46.3 Å². The number of rotatable bonds is 4. The molecule has 0 saturated carbocycles. The van der Waals surface area contributed by atoms with Gasteiger partial charge in [-0.1, -0.05) is 6.92 Å². The maximum Gasteiger partial charge on any atom is 0.222 e. The van der Waals surface area contributed by atoms with Gasteiger partial charge < -0.3 is 16.0 Å².